The number of anilines is 1. The van der Waals surface area contributed by atoms with Gasteiger partial charge < -0.3 is 5.32 Å². The Labute approximate surface area is 128 Å². The molecule has 2 N–H and O–H groups in total. The number of thioether (sulfide) groups is 1. The van der Waals surface area contributed by atoms with Crippen molar-refractivity contribution >= 4 is 39.3 Å². The Morgan fingerprint density at radius 2 is 1.81 bits per heavy atom. The quantitative estimate of drug-likeness (QED) is 0.741. The molecular formula is C13H18N2O4S2. The molecule has 0 aliphatic carbocycles. The molecule has 2 amide bonds. The zero-order valence-electron chi connectivity index (χ0n) is 11.9. The highest BCUT2D eigenvalue weighted by Crippen LogP contribution is 2.14. The van der Waals surface area contributed by atoms with E-state index in [0.717, 1.165) is 19.1 Å². The van der Waals surface area contributed by atoms with Crippen molar-refractivity contribution in [1.82, 2.24) is 4.72 Å². The molecule has 1 aromatic carbocycles. The molecule has 0 saturated heterocycles. The minimum absolute atomic E-state index is 0.0296. The van der Waals surface area contributed by atoms with Gasteiger partial charge in [0.2, 0.25) is 11.8 Å². The van der Waals surface area contributed by atoms with E-state index in [-0.39, 0.29) is 10.8 Å². The van der Waals surface area contributed by atoms with Crippen LogP contribution in [0.25, 0.3) is 0 Å². The fraction of sp³-hybridized carbons (Fsp3) is 0.385. The Morgan fingerprint density at radius 1 is 1.19 bits per heavy atom. The number of rotatable bonds is 7. The van der Waals surface area contributed by atoms with Crippen molar-refractivity contribution in [3.63, 3.8) is 0 Å². The first-order chi connectivity index (χ1) is 9.85. The number of carbonyl (C=O) groups is 2. The van der Waals surface area contributed by atoms with E-state index in [1.165, 1.54) is 24.3 Å². The van der Waals surface area contributed by atoms with E-state index >= 15 is 0 Å². The molecule has 0 spiro atoms. The summed E-state index contributed by atoms with van der Waals surface area (Å²) in [5.74, 6) is 0.157. The van der Waals surface area contributed by atoms with Crippen LogP contribution in [0.4, 0.5) is 5.69 Å². The monoisotopic (exact) mass is 330 g/mol. The van der Waals surface area contributed by atoms with Crippen LogP contribution in [0.5, 0.6) is 0 Å². The zero-order chi connectivity index (χ0) is 15.9. The molecule has 0 aromatic heterocycles. The summed E-state index contributed by atoms with van der Waals surface area (Å²) in [4.78, 5) is 22.4. The van der Waals surface area contributed by atoms with E-state index in [1.807, 2.05) is 11.0 Å². The normalized spacial score (nSPS) is 11.0. The Balaban J connectivity index is 2.66. The smallest absolute Gasteiger partial charge is 0.264 e. The Kier molecular flexibility index (Phi) is 6.70. The van der Waals surface area contributed by atoms with E-state index < -0.39 is 15.9 Å². The van der Waals surface area contributed by atoms with Crippen LogP contribution in [0.3, 0.4) is 0 Å². The van der Waals surface area contributed by atoms with E-state index in [2.05, 4.69) is 5.32 Å². The second-order valence-electron chi connectivity index (χ2n) is 4.33. The van der Waals surface area contributed by atoms with Gasteiger partial charge in [-0.05, 0) is 42.7 Å². The Bertz CT molecular complexity index is 597. The zero-order valence-corrected chi connectivity index (χ0v) is 13.5. The van der Waals surface area contributed by atoms with Crippen LogP contribution in [-0.2, 0) is 19.6 Å². The minimum Gasteiger partial charge on any atom is -0.326 e. The Morgan fingerprint density at radius 3 is 2.33 bits per heavy atom. The van der Waals surface area contributed by atoms with Gasteiger partial charge in [-0.1, -0.05) is 0 Å². The van der Waals surface area contributed by atoms with E-state index in [9.17, 15) is 18.0 Å². The predicted molar refractivity (Wildman–Crippen MR) is 83.7 cm³/mol. The number of carbonyl (C=O) groups excluding carboxylic acids is 2. The number of nitrogens with one attached hydrogen (secondary N) is 2. The van der Waals surface area contributed by atoms with Crippen LogP contribution in [0.15, 0.2) is 29.2 Å². The highest BCUT2D eigenvalue weighted by molar-refractivity contribution is 7.98. The predicted octanol–water partition coefficient (Wildman–Crippen LogP) is 1.59. The number of sulfonamides is 1. The molecule has 0 heterocycles. The van der Waals surface area contributed by atoms with Gasteiger partial charge in [-0.3, -0.25) is 9.59 Å². The van der Waals surface area contributed by atoms with Crippen molar-refractivity contribution in [2.24, 2.45) is 0 Å². The fourth-order valence-corrected chi connectivity index (χ4v) is 2.99. The average Bonchev–Trinajstić information content (AvgIpc) is 2.38. The van der Waals surface area contributed by atoms with Crippen molar-refractivity contribution < 1.29 is 18.0 Å². The third kappa shape index (κ3) is 6.17. The van der Waals surface area contributed by atoms with E-state index in [1.54, 1.807) is 11.8 Å². The van der Waals surface area contributed by atoms with Gasteiger partial charge in [0.05, 0.1) is 4.90 Å². The second-order valence-corrected chi connectivity index (χ2v) is 7.00. The van der Waals surface area contributed by atoms with Crippen molar-refractivity contribution in [3.05, 3.63) is 24.3 Å². The second kappa shape index (κ2) is 8.04. The van der Waals surface area contributed by atoms with Crippen LogP contribution in [0.1, 0.15) is 19.8 Å². The summed E-state index contributed by atoms with van der Waals surface area (Å²) in [6.07, 6.45) is 3.20. The van der Waals surface area contributed by atoms with Crippen LogP contribution in [0.2, 0.25) is 0 Å². The Hall–Kier alpha value is -1.54. The lowest BCUT2D eigenvalue weighted by atomic mass is 10.3. The van der Waals surface area contributed by atoms with Crippen LogP contribution >= 0.6 is 11.8 Å². The maximum atomic E-state index is 11.7. The van der Waals surface area contributed by atoms with E-state index in [0.29, 0.717) is 12.1 Å². The van der Waals surface area contributed by atoms with E-state index in [4.69, 9.17) is 0 Å². The first-order valence-corrected chi connectivity index (χ1v) is 9.15. The molecule has 0 fully saturated rings. The molecule has 0 bridgehead atoms. The molecule has 0 aliphatic heterocycles. The lowest BCUT2D eigenvalue weighted by Gasteiger charge is -2.07. The summed E-state index contributed by atoms with van der Waals surface area (Å²) < 4.78 is 25.3. The summed E-state index contributed by atoms with van der Waals surface area (Å²) in [5.41, 5.74) is 0.519. The number of hydrogen-bond donors (Lipinski definition) is 2. The third-order valence-corrected chi connectivity index (χ3v) is 4.62. The largest absolute Gasteiger partial charge is 0.326 e. The van der Waals surface area contributed by atoms with Crippen molar-refractivity contribution in [1.29, 1.82) is 0 Å². The molecule has 21 heavy (non-hydrogen) atoms. The van der Waals surface area contributed by atoms with Gasteiger partial charge in [0.15, 0.2) is 0 Å². The molecule has 1 rings (SSSR count). The summed E-state index contributed by atoms with van der Waals surface area (Å²) in [6.45, 7) is 1.13. The maximum Gasteiger partial charge on any atom is 0.264 e. The number of amides is 2. The number of hydrogen-bond acceptors (Lipinski definition) is 5. The van der Waals surface area contributed by atoms with Crippen molar-refractivity contribution in [2.75, 3.05) is 17.3 Å². The molecule has 0 saturated carbocycles. The highest BCUT2D eigenvalue weighted by atomic mass is 32.2. The molecular weight excluding hydrogens is 312 g/mol. The highest BCUT2D eigenvalue weighted by Gasteiger charge is 2.15. The van der Waals surface area contributed by atoms with Gasteiger partial charge in [0.25, 0.3) is 10.0 Å². The average molecular weight is 330 g/mol. The topological polar surface area (TPSA) is 92.3 Å². The molecule has 0 aliphatic rings. The molecule has 0 unspecified atom stereocenters. The first kappa shape index (κ1) is 17.5. The van der Waals surface area contributed by atoms with Gasteiger partial charge in [-0.25, -0.2) is 13.1 Å². The SMILES string of the molecule is CSCCCC(=O)Nc1ccc(S(=O)(=O)NC(C)=O)cc1. The van der Waals surface area contributed by atoms with Crippen LogP contribution in [-0.4, -0.2) is 32.2 Å². The molecule has 0 radical (unpaired) electrons. The van der Waals surface area contributed by atoms with Crippen LogP contribution in [0, 0.1) is 0 Å². The molecule has 8 heteroatoms. The molecule has 116 valence electrons. The number of benzene rings is 1. The molecule has 6 nitrogen and oxygen atoms in total. The minimum atomic E-state index is -3.84. The van der Waals surface area contributed by atoms with Crippen molar-refractivity contribution in [2.45, 2.75) is 24.7 Å². The van der Waals surface area contributed by atoms with Gasteiger partial charge in [0, 0.05) is 19.0 Å². The fourth-order valence-electron chi connectivity index (χ4n) is 1.57. The van der Waals surface area contributed by atoms with Gasteiger partial charge in [0.1, 0.15) is 0 Å². The maximum absolute atomic E-state index is 11.7. The lowest BCUT2D eigenvalue weighted by Crippen LogP contribution is -2.28. The van der Waals surface area contributed by atoms with Crippen LogP contribution < -0.4 is 10.0 Å². The standard InChI is InChI=1S/C13H18N2O4S2/c1-10(16)15-21(18,19)12-7-5-11(6-8-12)14-13(17)4-3-9-20-2/h5-8H,3-4,9H2,1-2H3,(H,14,17)(H,15,16). The summed E-state index contributed by atoms with van der Waals surface area (Å²) in [6, 6.07) is 5.65. The summed E-state index contributed by atoms with van der Waals surface area (Å²) in [5, 5.41) is 2.69. The lowest BCUT2D eigenvalue weighted by molar-refractivity contribution is -0.117. The summed E-state index contributed by atoms with van der Waals surface area (Å²) >= 11 is 1.68. The summed E-state index contributed by atoms with van der Waals surface area (Å²) in [7, 11) is -3.84. The van der Waals surface area contributed by atoms with Gasteiger partial charge in [-0.15, -0.1) is 0 Å². The molecule has 0 atom stereocenters. The first-order valence-electron chi connectivity index (χ1n) is 6.27. The van der Waals surface area contributed by atoms with Gasteiger partial charge in [-0.2, -0.15) is 11.8 Å². The molecule has 1 aromatic rings. The third-order valence-electron chi connectivity index (χ3n) is 2.48. The van der Waals surface area contributed by atoms with Gasteiger partial charge >= 0.3 is 0 Å². The van der Waals surface area contributed by atoms with Crippen molar-refractivity contribution in [3.8, 4) is 0 Å².